The molecule has 0 aliphatic rings. The molecule has 1 aromatic heterocycles. The van der Waals surface area contributed by atoms with Crippen molar-refractivity contribution in [2.24, 2.45) is 5.92 Å². The third-order valence-electron chi connectivity index (χ3n) is 2.09. The van der Waals surface area contributed by atoms with Crippen LogP contribution in [0.3, 0.4) is 0 Å². The average Bonchev–Trinajstić information content (AvgIpc) is 2.25. The highest BCUT2D eigenvalue weighted by Gasteiger charge is 2.00. The number of nitrogens with two attached hydrogens (primary N) is 1. The molecule has 0 aromatic carbocycles. The van der Waals surface area contributed by atoms with Gasteiger partial charge in [0, 0.05) is 30.4 Å². The number of ether oxygens (including phenoxy) is 1. The van der Waals surface area contributed by atoms with Crippen LogP contribution in [0, 0.1) is 5.92 Å². The van der Waals surface area contributed by atoms with Crippen LogP contribution in [-0.2, 0) is 4.74 Å². The maximum Gasteiger partial charge on any atom is 0.149 e. The van der Waals surface area contributed by atoms with Crippen molar-refractivity contribution in [3.63, 3.8) is 0 Å². The van der Waals surface area contributed by atoms with Gasteiger partial charge in [-0.3, -0.25) is 0 Å². The van der Waals surface area contributed by atoms with Crippen LogP contribution >= 0.6 is 15.9 Å². The van der Waals surface area contributed by atoms with Gasteiger partial charge in [0.25, 0.3) is 0 Å². The molecule has 1 heterocycles. The third-order valence-corrected chi connectivity index (χ3v) is 2.53. The molecule has 0 spiro atoms. The monoisotopic (exact) mass is 301 g/mol. The Bertz CT molecular complexity index is 345. The number of nitrogen functional groups attached to an aromatic ring is 1. The molecule has 96 valence electrons. The van der Waals surface area contributed by atoms with Crippen LogP contribution in [-0.4, -0.2) is 24.7 Å². The number of nitrogens with one attached hydrogen (secondary N) is 1. The van der Waals surface area contributed by atoms with Crippen molar-refractivity contribution >= 4 is 27.4 Å². The lowest BCUT2D eigenvalue weighted by molar-refractivity contribution is 0.110. The zero-order valence-electron chi connectivity index (χ0n) is 10.4. The summed E-state index contributed by atoms with van der Waals surface area (Å²) in [6.07, 6.45) is 2.68. The van der Waals surface area contributed by atoms with E-state index in [1.807, 2.05) is 6.07 Å². The molecule has 0 aliphatic carbocycles. The normalized spacial score (nSPS) is 10.8. The number of halogens is 1. The molecule has 1 rings (SSSR count). The Kier molecular flexibility index (Phi) is 6.29. The lowest BCUT2D eigenvalue weighted by Gasteiger charge is -2.09. The number of rotatable bonds is 7. The smallest absolute Gasteiger partial charge is 0.149 e. The highest BCUT2D eigenvalue weighted by molar-refractivity contribution is 9.10. The average molecular weight is 302 g/mol. The van der Waals surface area contributed by atoms with Gasteiger partial charge >= 0.3 is 0 Å². The number of anilines is 2. The molecule has 4 nitrogen and oxygen atoms in total. The van der Waals surface area contributed by atoms with Crippen LogP contribution in [0.25, 0.3) is 0 Å². The zero-order valence-corrected chi connectivity index (χ0v) is 12.0. The highest BCUT2D eigenvalue weighted by Crippen LogP contribution is 2.19. The van der Waals surface area contributed by atoms with E-state index in [0.29, 0.717) is 11.6 Å². The third kappa shape index (κ3) is 5.89. The van der Waals surface area contributed by atoms with Gasteiger partial charge in [0.2, 0.25) is 0 Å². The molecule has 0 radical (unpaired) electrons. The van der Waals surface area contributed by atoms with Crippen molar-refractivity contribution in [3.05, 3.63) is 16.7 Å². The van der Waals surface area contributed by atoms with Crippen molar-refractivity contribution in [2.45, 2.75) is 20.3 Å². The molecule has 1 aromatic rings. The first-order chi connectivity index (χ1) is 8.09. The Morgan fingerprint density at radius 2 is 2.29 bits per heavy atom. The SMILES string of the molecule is CC(C)COCCCNc1ncc(Br)cc1N. The Balaban J connectivity index is 2.18. The molecule has 0 saturated heterocycles. The summed E-state index contributed by atoms with van der Waals surface area (Å²) in [5.74, 6) is 1.32. The number of hydrogen-bond donors (Lipinski definition) is 2. The van der Waals surface area contributed by atoms with Gasteiger partial charge in [0.05, 0.1) is 5.69 Å². The second kappa shape index (κ2) is 7.50. The predicted octanol–water partition coefficient (Wildman–Crippen LogP) is 2.90. The zero-order chi connectivity index (χ0) is 12.7. The number of aromatic nitrogens is 1. The Morgan fingerprint density at radius 3 is 2.94 bits per heavy atom. The molecule has 0 saturated carbocycles. The van der Waals surface area contributed by atoms with E-state index in [1.165, 1.54) is 0 Å². The molecular formula is C12H20BrN3O. The molecule has 0 aliphatic heterocycles. The van der Waals surface area contributed by atoms with Crippen LogP contribution in [0.15, 0.2) is 16.7 Å². The Morgan fingerprint density at radius 1 is 1.53 bits per heavy atom. The molecule has 0 fully saturated rings. The first-order valence-corrected chi connectivity index (χ1v) is 6.61. The number of pyridine rings is 1. The van der Waals surface area contributed by atoms with Crippen LogP contribution in [0.5, 0.6) is 0 Å². The maximum atomic E-state index is 5.82. The predicted molar refractivity (Wildman–Crippen MR) is 75.1 cm³/mol. The van der Waals surface area contributed by atoms with E-state index in [-0.39, 0.29) is 0 Å². The second-order valence-corrected chi connectivity index (χ2v) is 5.26. The van der Waals surface area contributed by atoms with Crippen LogP contribution in [0.1, 0.15) is 20.3 Å². The minimum atomic E-state index is 0.590. The van der Waals surface area contributed by atoms with E-state index in [0.717, 1.165) is 36.5 Å². The molecule has 17 heavy (non-hydrogen) atoms. The minimum Gasteiger partial charge on any atom is -0.396 e. The maximum absolute atomic E-state index is 5.82. The van der Waals surface area contributed by atoms with Crippen molar-refractivity contribution in [2.75, 3.05) is 30.8 Å². The van der Waals surface area contributed by atoms with Crippen molar-refractivity contribution < 1.29 is 4.74 Å². The second-order valence-electron chi connectivity index (χ2n) is 4.34. The lowest BCUT2D eigenvalue weighted by Crippen LogP contribution is -2.10. The van der Waals surface area contributed by atoms with Crippen molar-refractivity contribution in [1.29, 1.82) is 0 Å². The standard InChI is InChI=1S/C12H20BrN3O/c1-9(2)8-17-5-3-4-15-12-11(14)6-10(13)7-16-12/h6-7,9H,3-5,8,14H2,1-2H3,(H,15,16). The summed E-state index contributed by atoms with van der Waals surface area (Å²) in [7, 11) is 0. The van der Waals surface area contributed by atoms with E-state index in [9.17, 15) is 0 Å². The molecule has 0 bridgehead atoms. The fraction of sp³-hybridized carbons (Fsp3) is 0.583. The summed E-state index contributed by atoms with van der Waals surface area (Å²) >= 11 is 3.32. The Labute approximate surface area is 111 Å². The van der Waals surface area contributed by atoms with Gasteiger partial charge in [-0.1, -0.05) is 13.8 Å². The first kappa shape index (κ1) is 14.3. The summed E-state index contributed by atoms with van der Waals surface area (Å²) < 4.78 is 6.37. The number of hydrogen-bond acceptors (Lipinski definition) is 4. The molecular weight excluding hydrogens is 282 g/mol. The highest BCUT2D eigenvalue weighted by atomic mass is 79.9. The van der Waals surface area contributed by atoms with Crippen LogP contribution in [0.4, 0.5) is 11.5 Å². The van der Waals surface area contributed by atoms with Gasteiger partial charge in [-0.05, 0) is 34.3 Å². The Hall–Kier alpha value is -0.810. The van der Waals surface area contributed by atoms with Gasteiger partial charge in [-0.15, -0.1) is 0 Å². The van der Waals surface area contributed by atoms with Gasteiger partial charge in [-0.25, -0.2) is 4.98 Å². The van der Waals surface area contributed by atoms with E-state index in [2.05, 4.69) is 40.1 Å². The van der Waals surface area contributed by atoms with Crippen LogP contribution in [0.2, 0.25) is 0 Å². The molecule has 3 N–H and O–H groups in total. The fourth-order valence-electron chi connectivity index (χ4n) is 1.30. The summed E-state index contributed by atoms with van der Waals surface area (Å²) in [5.41, 5.74) is 6.47. The molecule has 0 amide bonds. The molecule has 0 unspecified atom stereocenters. The van der Waals surface area contributed by atoms with Gasteiger partial charge in [0.1, 0.15) is 5.82 Å². The van der Waals surface area contributed by atoms with E-state index in [1.54, 1.807) is 6.20 Å². The largest absolute Gasteiger partial charge is 0.396 e. The van der Waals surface area contributed by atoms with Crippen molar-refractivity contribution in [3.8, 4) is 0 Å². The summed E-state index contributed by atoms with van der Waals surface area (Å²) in [4.78, 5) is 4.20. The van der Waals surface area contributed by atoms with Gasteiger partial charge in [-0.2, -0.15) is 0 Å². The van der Waals surface area contributed by atoms with E-state index >= 15 is 0 Å². The minimum absolute atomic E-state index is 0.590. The summed E-state index contributed by atoms with van der Waals surface area (Å²) in [6, 6.07) is 1.84. The van der Waals surface area contributed by atoms with Crippen LogP contribution < -0.4 is 11.1 Å². The fourth-order valence-corrected chi connectivity index (χ4v) is 1.65. The van der Waals surface area contributed by atoms with Gasteiger partial charge in [0.15, 0.2) is 0 Å². The van der Waals surface area contributed by atoms with E-state index < -0.39 is 0 Å². The van der Waals surface area contributed by atoms with Crippen molar-refractivity contribution in [1.82, 2.24) is 4.98 Å². The number of nitrogens with zero attached hydrogens (tertiary/aromatic N) is 1. The summed E-state index contributed by atoms with van der Waals surface area (Å²) in [6.45, 7) is 6.69. The van der Waals surface area contributed by atoms with Gasteiger partial charge < -0.3 is 15.8 Å². The lowest BCUT2D eigenvalue weighted by atomic mass is 10.2. The van der Waals surface area contributed by atoms with E-state index in [4.69, 9.17) is 10.5 Å². The topological polar surface area (TPSA) is 60.2 Å². The molecule has 5 heteroatoms. The first-order valence-electron chi connectivity index (χ1n) is 5.82. The summed E-state index contributed by atoms with van der Waals surface area (Å²) in [5, 5.41) is 3.19. The quantitative estimate of drug-likeness (QED) is 0.760. The molecule has 0 atom stereocenters.